The highest BCUT2D eigenvalue weighted by Crippen LogP contribution is 2.24. The number of oxazole rings is 1. The topological polar surface area (TPSA) is 114 Å². The summed E-state index contributed by atoms with van der Waals surface area (Å²) in [7, 11) is 0. The molecule has 1 amide bonds. The summed E-state index contributed by atoms with van der Waals surface area (Å²) in [4.78, 5) is 27.7. The SMILES string of the molecule is CCOC(=O)C(C)(C)Oc1ccc(OCCc2nc(-c3ccc(C(N)=O)cc3)oc2C)cc1. The molecule has 0 fully saturated rings. The molecule has 0 aliphatic heterocycles. The standard InChI is InChI=1S/C25H28N2O6/c1-5-30-24(29)25(3,4)33-20-12-10-19(11-13-20)31-15-14-21-16(2)32-23(27-21)18-8-6-17(7-9-18)22(26)28/h6-13H,5,14-15H2,1-4H3,(H2,26,28). The van der Waals surface area contributed by atoms with Crippen LogP contribution in [-0.2, 0) is 16.0 Å². The second-order valence-electron chi connectivity index (χ2n) is 7.87. The van der Waals surface area contributed by atoms with E-state index in [1.165, 1.54) is 0 Å². The van der Waals surface area contributed by atoms with Gasteiger partial charge in [-0.15, -0.1) is 0 Å². The first-order valence-corrected chi connectivity index (χ1v) is 10.6. The summed E-state index contributed by atoms with van der Waals surface area (Å²) in [6.45, 7) is 7.63. The largest absolute Gasteiger partial charge is 0.493 e. The lowest BCUT2D eigenvalue weighted by molar-refractivity contribution is -0.158. The predicted molar refractivity (Wildman–Crippen MR) is 122 cm³/mol. The third-order valence-electron chi connectivity index (χ3n) is 4.88. The van der Waals surface area contributed by atoms with Crippen LogP contribution in [0.25, 0.3) is 11.5 Å². The van der Waals surface area contributed by atoms with Crippen LogP contribution in [0.1, 0.15) is 42.6 Å². The van der Waals surface area contributed by atoms with Crippen LogP contribution in [-0.4, -0.2) is 35.7 Å². The van der Waals surface area contributed by atoms with Gasteiger partial charge in [0.1, 0.15) is 17.3 Å². The zero-order chi connectivity index (χ0) is 24.0. The van der Waals surface area contributed by atoms with Gasteiger partial charge in [0.05, 0.1) is 18.9 Å². The van der Waals surface area contributed by atoms with Crippen molar-refractivity contribution in [1.29, 1.82) is 0 Å². The molecule has 0 aliphatic carbocycles. The Morgan fingerprint density at radius 2 is 1.67 bits per heavy atom. The molecule has 1 heterocycles. The molecule has 0 bridgehead atoms. The molecule has 1 aromatic heterocycles. The van der Waals surface area contributed by atoms with Crippen LogP contribution in [0.5, 0.6) is 11.5 Å². The summed E-state index contributed by atoms with van der Waals surface area (Å²) in [6.07, 6.45) is 0.558. The summed E-state index contributed by atoms with van der Waals surface area (Å²) in [6, 6.07) is 13.8. The smallest absolute Gasteiger partial charge is 0.349 e. The second kappa shape index (κ2) is 10.2. The van der Waals surface area contributed by atoms with Gasteiger partial charge in [-0.2, -0.15) is 0 Å². The fraction of sp³-hybridized carbons (Fsp3) is 0.320. The van der Waals surface area contributed by atoms with E-state index in [2.05, 4.69) is 4.98 Å². The number of ether oxygens (including phenoxy) is 3. The first kappa shape index (κ1) is 23.8. The van der Waals surface area contributed by atoms with Crippen molar-refractivity contribution in [2.45, 2.75) is 39.7 Å². The Morgan fingerprint density at radius 3 is 2.27 bits per heavy atom. The number of nitrogens with two attached hydrogens (primary N) is 1. The number of benzene rings is 2. The Bertz CT molecular complexity index is 1100. The monoisotopic (exact) mass is 452 g/mol. The van der Waals surface area contributed by atoms with Crippen LogP contribution in [0, 0.1) is 6.92 Å². The summed E-state index contributed by atoms with van der Waals surface area (Å²) in [5.41, 5.74) is 6.17. The number of rotatable bonds is 10. The molecule has 0 unspecified atom stereocenters. The molecule has 0 radical (unpaired) electrons. The summed E-state index contributed by atoms with van der Waals surface area (Å²) in [5, 5.41) is 0. The van der Waals surface area contributed by atoms with Gasteiger partial charge in [0, 0.05) is 17.5 Å². The van der Waals surface area contributed by atoms with E-state index >= 15 is 0 Å². The lowest BCUT2D eigenvalue weighted by atomic mass is 10.1. The van der Waals surface area contributed by atoms with E-state index in [9.17, 15) is 9.59 Å². The minimum absolute atomic E-state index is 0.298. The molecule has 0 spiro atoms. The Labute approximate surface area is 192 Å². The number of esters is 1. The lowest BCUT2D eigenvalue weighted by Crippen LogP contribution is -2.39. The molecule has 8 heteroatoms. The van der Waals surface area contributed by atoms with E-state index in [1.807, 2.05) is 6.92 Å². The van der Waals surface area contributed by atoms with Crippen LogP contribution in [0.3, 0.4) is 0 Å². The molecule has 174 valence electrons. The highest BCUT2D eigenvalue weighted by molar-refractivity contribution is 5.93. The minimum Gasteiger partial charge on any atom is -0.493 e. The van der Waals surface area contributed by atoms with Crippen molar-refractivity contribution < 1.29 is 28.2 Å². The van der Waals surface area contributed by atoms with Gasteiger partial charge in [0.2, 0.25) is 11.8 Å². The summed E-state index contributed by atoms with van der Waals surface area (Å²) < 4.78 is 22.4. The number of carbonyl (C=O) groups is 2. The van der Waals surface area contributed by atoms with Gasteiger partial charge in [-0.25, -0.2) is 9.78 Å². The fourth-order valence-corrected chi connectivity index (χ4v) is 3.07. The Hall–Kier alpha value is -3.81. The number of aromatic nitrogens is 1. The van der Waals surface area contributed by atoms with Crippen molar-refractivity contribution in [2.75, 3.05) is 13.2 Å². The van der Waals surface area contributed by atoms with E-state index in [1.54, 1.807) is 69.3 Å². The van der Waals surface area contributed by atoms with Crippen molar-refractivity contribution in [3.05, 3.63) is 65.5 Å². The Balaban J connectivity index is 1.55. The molecule has 0 saturated carbocycles. The number of carbonyl (C=O) groups excluding carboxylic acids is 2. The van der Waals surface area contributed by atoms with Crippen LogP contribution < -0.4 is 15.2 Å². The maximum Gasteiger partial charge on any atom is 0.349 e. The highest BCUT2D eigenvalue weighted by Gasteiger charge is 2.31. The van der Waals surface area contributed by atoms with E-state index in [0.717, 1.165) is 11.3 Å². The van der Waals surface area contributed by atoms with E-state index in [0.29, 0.717) is 48.3 Å². The zero-order valence-electron chi connectivity index (χ0n) is 19.2. The maximum atomic E-state index is 12.0. The van der Waals surface area contributed by atoms with Crippen molar-refractivity contribution >= 4 is 11.9 Å². The third kappa shape index (κ3) is 6.12. The molecule has 0 aliphatic rings. The average molecular weight is 453 g/mol. The van der Waals surface area contributed by atoms with E-state index in [4.69, 9.17) is 24.4 Å². The van der Waals surface area contributed by atoms with Crippen molar-refractivity contribution in [3.63, 3.8) is 0 Å². The van der Waals surface area contributed by atoms with Gasteiger partial charge in [-0.3, -0.25) is 4.79 Å². The van der Waals surface area contributed by atoms with Crippen molar-refractivity contribution in [1.82, 2.24) is 4.98 Å². The molecule has 3 rings (SSSR count). The van der Waals surface area contributed by atoms with Gasteiger partial charge in [0.25, 0.3) is 0 Å². The van der Waals surface area contributed by atoms with Gasteiger partial charge in [-0.05, 0) is 76.2 Å². The molecule has 8 nitrogen and oxygen atoms in total. The minimum atomic E-state index is -1.08. The van der Waals surface area contributed by atoms with Crippen molar-refractivity contribution in [3.8, 4) is 23.0 Å². The number of hydrogen-bond donors (Lipinski definition) is 1. The average Bonchev–Trinajstić information content (AvgIpc) is 3.15. The fourth-order valence-electron chi connectivity index (χ4n) is 3.07. The van der Waals surface area contributed by atoms with Gasteiger partial charge in [-0.1, -0.05) is 0 Å². The highest BCUT2D eigenvalue weighted by atomic mass is 16.6. The van der Waals surface area contributed by atoms with Crippen molar-refractivity contribution in [2.24, 2.45) is 5.73 Å². The van der Waals surface area contributed by atoms with Crippen LogP contribution in [0.15, 0.2) is 52.9 Å². The van der Waals surface area contributed by atoms with E-state index in [-0.39, 0.29) is 0 Å². The molecule has 2 N–H and O–H groups in total. The van der Waals surface area contributed by atoms with Crippen LogP contribution >= 0.6 is 0 Å². The molecule has 2 aromatic carbocycles. The number of primary amides is 1. The Kier molecular flexibility index (Phi) is 7.37. The molecule has 33 heavy (non-hydrogen) atoms. The summed E-state index contributed by atoms with van der Waals surface area (Å²) >= 11 is 0. The molecule has 0 saturated heterocycles. The normalized spacial score (nSPS) is 11.2. The van der Waals surface area contributed by atoms with Gasteiger partial charge in [0.15, 0.2) is 5.60 Å². The Morgan fingerprint density at radius 1 is 1.03 bits per heavy atom. The zero-order valence-corrected chi connectivity index (χ0v) is 19.2. The van der Waals surface area contributed by atoms with E-state index < -0.39 is 17.5 Å². The molecular formula is C25H28N2O6. The molecule has 3 aromatic rings. The van der Waals surface area contributed by atoms with Gasteiger partial charge < -0.3 is 24.4 Å². The first-order chi connectivity index (χ1) is 15.7. The molecular weight excluding hydrogens is 424 g/mol. The third-order valence-corrected chi connectivity index (χ3v) is 4.88. The van der Waals surface area contributed by atoms with Gasteiger partial charge >= 0.3 is 5.97 Å². The number of aryl methyl sites for hydroxylation is 1. The number of nitrogens with zero attached hydrogens (tertiary/aromatic N) is 1. The second-order valence-corrected chi connectivity index (χ2v) is 7.87. The molecule has 0 atom stereocenters. The number of amides is 1. The predicted octanol–water partition coefficient (Wildman–Crippen LogP) is 4.09. The first-order valence-electron chi connectivity index (χ1n) is 10.6. The van der Waals surface area contributed by atoms with Crippen LogP contribution in [0.4, 0.5) is 0 Å². The quantitative estimate of drug-likeness (QED) is 0.461. The lowest BCUT2D eigenvalue weighted by Gasteiger charge is -2.24. The maximum absolute atomic E-state index is 12.0. The van der Waals surface area contributed by atoms with Crippen LogP contribution in [0.2, 0.25) is 0 Å². The summed E-state index contributed by atoms with van der Waals surface area (Å²) in [5.74, 6) is 1.49. The number of hydrogen-bond acceptors (Lipinski definition) is 7.